The summed E-state index contributed by atoms with van der Waals surface area (Å²) in [5.41, 5.74) is 2.24. The van der Waals surface area contributed by atoms with Crippen molar-refractivity contribution in [2.75, 3.05) is 0 Å². The van der Waals surface area contributed by atoms with E-state index in [1.807, 2.05) is 6.92 Å². The molecule has 0 bridgehead atoms. The Morgan fingerprint density at radius 3 is 2.69 bits per heavy atom. The van der Waals surface area contributed by atoms with E-state index in [-0.39, 0.29) is 11.8 Å². The third-order valence-electron chi connectivity index (χ3n) is 3.34. The van der Waals surface area contributed by atoms with Crippen molar-refractivity contribution in [3.8, 4) is 0 Å². The topological polar surface area (TPSA) is 79.5 Å². The lowest BCUT2D eigenvalue weighted by Gasteiger charge is -2.28. The number of amides is 1. The second kappa shape index (κ2) is 5.05. The number of rotatable bonds is 2. The molecule has 1 atom stereocenters. The summed E-state index contributed by atoms with van der Waals surface area (Å²) in [7, 11) is 0. The van der Waals surface area contributed by atoms with Crippen LogP contribution < -0.4 is 16.0 Å². The average Bonchev–Trinajstić information content (AvgIpc) is 2.75. The van der Waals surface area contributed by atoms with Crippen LogP contribution >= 0.6 is 11.9 Å². The van der Waals surface area contributed by atoms with Crippen LogP contribution in [0, 0.1) is 11.8 Å². The molecule has 2 rings (SSSR count). The van der Waals surface area contributed by atoms with E-state index in [1.54, 1.807) is 11.9 Å². The van der Waals surface area contributed by atoms with Crippen LogP contribution in [0.5, 0.6) is 0 Å². The third-order valence-corrected chi connectivity index (χ3v) is 4.48. The number of hydrogen-bond donors (Lipinski definition) is 3. The van der Waals surface area contributed by atoms with Crippen molar-refractivity contribution in [1.29, 1.82) is 0 Å². The van der Waals surface area contributed by atoms with Crippen molar-refractivity contribution >= 4 is 23.7 Å². The van der Waals surface area contributed by atoms with E-state index >= 15 is 0 Å². The first-order valence-electron chi connectivity index (χ1n) is 5.67. The smallest absolute Gasteiger partial charge is 0.236 e. The fourth-order valence-electron chi connectivity index (χ4n) is 2.38. The predicted octanol–water partition coefficient (Wildman–Crippen LogP) is 0.779. The lowest BCUT2D eigenvalue weighted by atomic mass is 9.81. The highest BCUT2D eigenvalue weighted by Crippen LogP contribution is 2.36. The summed E-state index contributed by atoms with van der Waals surface area (Å²) < 4.78 is 3.18. The van der Waals surface area contributed by atoms with E-state index in [2.05, 4.69) is 15.1 Å². The van der Waals surface area contributed by atoms with Crippen LogP contribution in [0.4, 0.5) is 0 Å². The number of amidine groups is 1. The molecule has 2 aliphatic rings. The van der Waals surface area contributed by atoms with Gasteiger partial charge in [-0.05, 0) is 50.5 Å². The van der Waals surface area contributed by atoms with Gasteiger partial charge in [-0.25, -0.2) is 5.84 Å². The second-order valence-corrected chi connectivity index (χ2v) is 5.37. The molecule has 0 aromatic heterocycles. The van der Waals surface area contributed by atoms with Crippen LogP contribution in [0.3, 0.4) is 0 Å². The molecule has 1 amide bonds. The highest BCUT2D eigenvalue weighted by molar-refractivity contribution is 7.98. The van der Waals surface area contributed by atoms with E-state index in [9.17, 15) is 4.79 Å². The van der Waals surface area contributed by atoms with Crippen molar-refractivity contribution in [3.05, 3.63) is 0 Å². The van der Waals surface area contributed by atoms with E-state index in [1.165, 1.54) is 0 Å². The molecule has 4 N–H and O–H groups in total. The largest absolute Gasteiger partial charge is 0.317 e. The van der Waals surface area contributed by atoms with Gasteiger partial charge in [0.2, 0.25) is 5.91 Å². The second-order valence-electron chi connectivity index (χ2n) is 4.45. The Balaban J connectivity index is 1.83. The fraction of sp³-hybridized carbons (Fsp3) is 0.800. The summed E-state index contributed by atoms with van der Waals surface area (Å²) in [6, 6.07) is 0. The van der Waals surface area contributed by atoms with Gasteiger partial charge in [-0.1, -0.05) is 0 Å². The van der Waals surface area contributed by atoms with Crippen LogP contribution in [0.25, 0.3) is 0 Å². The molecule has 90 valence electrons. The van der Waals surface area contributed by atoms with Gasteiger partial charge in [0, 0.05) is 5.92 Å². The number of carbonyl (C=O) groups excluding carboxylic acids is 1. The Bertz CT molecular complexity index is 299. The molecule has 1 saturated carbocycles. The summed E-state index contributed by atoms with van der Waals surface area (Å²) in [6.07, 6.45) is 3.99. The highest BCUT2D eigenvalue weighted by Gasteiger charge is 2.32. The Kier molecular flexibility index (Phi) is 3.70. The summed E-state index contributed by atoms with van der Waals surface area (Å²) in [5.74, 6) is 6.83. The third kappa shape index (κ3) is 2.49. The minimum Gasteiger partial charge on any atom is -0.317 e. The molecule has 6 heteroatoms. The lowest BCUT2D eigenvalue weighted by Crippen LogP contribution is -2.38. The standard InChI is InChI=1S/C10H18N4OS/c1-6-12-10(16-14-6)8-4-2-7(3-5-8)9(15)13-11/h7-8,10H,2-5,11H2,1H3,(H,12,14)(H,13,15). The zero-order valence-corrected chi connectivity index (χ0v) is 10.2. The molecule has 16 heavy (non-hydrogen) atoms. The van der Waals surface area contributed by atoms with Gasteiger partial charge < -0.3 is 4.72 Å². The molecule has 1 aliphatic carbocycles. The zero-order valence-electron chi connectivity index (χ0n) is 9.40. The minimum absolute atomic E-state index is 0.0182. The number of hydrogen-bond acceptors (Lipinski definition) is 5. The Morgan fingerprint density at radius 1 is 1.50 bits per heavy atom. The quantitative estimate of drug-likeness (QED) is 0.289. The van der Waals surface area contributed by atoms with Gasteiger partial charge >= 0.3 is 0 Å². The Labute approximate surface area is 99.7 Å². The molecule has 0 aromatic rings. The van der Waals surface area contributed by atoms with Gasteiger partial charge in [-0.2, -0.15) is 0 Å². The highest BCUT2D eigenvalue weighted by atomic mass is 32.2. The monoisotopic (exact) mass is 242 g/mol. The number of nitrogens with zero attached hydrogens (tertiary/aromatic N) is 1. The van der Waals surface area contributed by atoms with Crippen molar-refractivity contribution in [2.45, 2.75) is 38.0 Å². The lowest BCUT2D eigenvalue weighted by molar-refractivity contribution is -0.126. The summed E-state index contributed by atoms with van der Waals surface area (Å²) in [4.78, 5) is 15.9. The molecule has 0 spiro atoms. The summed E-state index contributed by atoms with van der Waals surface area (Å²) >= 11 is 1.69. The molecule has 0 saturated heterocycles. The van der Waals surface area contributed by atoms with E-state index < -0.39 is 0 Å². The van der Waals surface area contributed by atoms with E-state index in [4.69, 9.17) is 5.84 Å². The van der Waals surface area contributed by atoms with Gasteiger partial charge in [-0.15, -0.1) is 0 Å². The minimum atomic E-state index is -0.0182. The molecule has 1 fully saturated rings. The normalized spacial score (nSPS) is 34.1. The first kappa shape index (κ1) is 11.7. The molecule has 0 radical (unpaired) electrons. The first-order valence-corrected chi connectivity index (χ1v) is 6.55. The molecule has 0 aromatic carbocycles. The number of nitrogens with one attached hydrogen (secondary N) is 2. The van der Waals surface area contributed by atoms with Crippen LogP contribution in [-0.2, 0) is 4.79 Å². The maximum atomic E-state index is 11.4. The van der Waals surface area contributed by atoms with Crippen LogP contribution in [0.15, 0.2) is 4.99 Å². The predicted molar refractivity (Wildman–Crippen MR) is 65.4 cm³/mol. The van der Waals surface area contributed by atoms with Gasteiger partial charge in [0.1, 0.15) is 11.2 Å². The SMILES string of the molecule is CC1=NC(C2CCC(C(=O)NN)CC2)SN1. The Morgan fingerprint density at radius 2 is 2.19 bits per heavy atom. The number of nitrogens with two attached hydrogens (primary N) is 1. The summed E-state index contributed by atoms with van der Waals surface area (Å²) in [6.45, 7) is 1.99. The van der Waals surface area contributed by atoms with Gasteiger partial charge in [0.15, 0.2) is 0 Å². The zero-order chi connectivity index (χ0) is 11.5. The molecule has 1 heterocycles. The van der Waals surface area contributed by atoms with Crippen molar-refractivity contribution in [1.82, 2.24) is 10.1 Å². The van der Waals surface area contributed by atoms with Crippen molar-refractivity contribution in [2.24, 2.45) is 22.7 Å². The van der Waals surface area contributed by atoms with Crippen molar-refractivity contribution in [3.63, 3.8) is 0 Å². The van der Waals surface area contributed by atoms with E-state index in [0.717, 1.165) is 31.5 Å². The Hall–Kier alpha value is -0.750. The van der Waals surface area contributed by atoms with Crippen LogP contribution in [0.1, 0.15) is 32.6 Å². The average molecular weight is 242 g/mol. The number of carbonyl (C=O) groups is 1. The summed E-state index contributed by atoms with van der Waals surface area (Å²) in [5, 5.41) is 0.335. The molecular formula is C10H18N4OS. The van der Waals surface area contributed by atoms with Gasteiger partial charge in [0.25, 0.3) is 0 Å². The molecule has 1 unspecified atom stereocenters. The van der Waals surface area contributed by atoms with Gasteiger partial charge in [-0.3, -0.25) is 15.2 Å². The fourth-order valence-corrected chi connectivity index (χ4v) is 3.39. The maximum Gasteiger partial charge on any atom is 0.236 e. The number of aliphatic imine (C=N–C) groups is 1. The first-order chi connectivity index (χ1) is 7.70. The van der Waals surface area contributed by atoms with Gasteiger partial charge in [0.05, 0.1) is 0 Å². The molecular weight excluding hydrogens is 224 g/mol. The number of hydrazine groups is 1. The van der Waals surface area contributed by atoms with Crippen LogP contribution in [-0.4, -0.2) is 17.1 Å². The van der Waals surface area contributed by atoms with Crippen LogP contribution in [0.2, 0.25) is 0 Å². The molecule has 5 nitrogen and oxygen atoms in total. The molecule has 1 aliphatic heterocycles. The van der Waals surface area contributed by atoms with E-state index in [0.29, 0.717) is 11.3 Å². The van der Waals surface area contributed by atoms with Crippen molar-refractivity contribution < 1.29 is 4.79 Å². The maximum absolute atomic E-state index is 11.4.